The Balaban J connectivity index is 0.00000113. The predicted octanol–water partition coefficient (Wildman–Crippen LogP) is 4.42. The maximum atomic E-state index is 6.15. The van der Waals surface area contributed by atoms with Gasteiger partial charge < -0.3 is 14.6 Å². The van der Waals surface area contributed by atoms with Gasteiger partial charge in [-0.2, -0.15) is 9.97 Å². The standard InChI is InChI=1S/C16H22ClN5O.2ClH/c17-16-20-14(18-9-12-7-3-4-8-23-12)13-15(21-16)22(10-19-13)11-5-1-2-6-11;;/h10-12H,1-9H2,(H,18,20,21);2*1H. The van der Waals surface area contributed by atoms with Crippen LogP contribution >= 0.6 is 36.4 Å². The monoisotopic (exact) mass is 407 g/mol. The molecule has 1 aliphatic heterocycles. The predicted molar refractivity (Wildman–Crippen MR) is 104 cm³/mol. The Kier molecular flexibility index (Phi) is 7.55. The molecule has 9 heteroatoms. The summed E-state index contributed by atoms with van der Waals surface area (Å²) in [5.74, 6) is 0.714. The highest BCUT2D eigenvalue weighted by molar-refractivity contribution is 6.28. The largest absolute Gasteiger partial charge is 0.376 e. The number of hydrogen-bond donors (Lipinski definition) is 1. The van der Waals surface area contributed by atoms with Gasteiger partial charge in [0, 0.05) is 19.2 Å². The van der Waals surface area contributed by atoms with Gasteiger partial charge in [-0.05, 0) is 43.7 Å². The van der Waals surface area contributed by atoms with E-state index in [-0.39, 0.29) is 36.2 Å². The van der Waals surface area contributed by atoms with E-state index >= 15 is 0 Å². The van der Waals surface area contributed by atoms with Crippen molar-refractivity contribution in [2.75, 3.05) is 18.5 Å². The molecule has 3 heterocycles. The van der Waals surface area contributed by atoms with Crippen molar-refractivity contribution in [1.82, 2.24) is 19.5 Å². The van der Waals surface area contributed by atoms with Crippen molar-refractivity contribution in [1.29, 1.82) is 0 Å². The quantitative estimate of drug-likeness (QED) is 0.759. The molecule has 6 nitrogen and oxygen atoms in total. The maximum Gasteiger partial charge on any atom is 0.226 e. The fourth-order valence-electron chi connectivity index (χ4n) is 3.64. The van der Waals surface area contributed by atoms with E-state index in [0.29, 0.717) is 11.9 Å². The average Bonchev–Trinajstić information content (AvgIpc) is 3.22. The smallest absolute Gasteiger partial charge is 0.226 e. The molecule has 1 saturated heterocycles. The molecule has 4 rings (SSSR count). The van der Waals surface area contributed by atoms with Gasteiger partial charge in [-0.3, -0.25) is 0 Å². The first-order chi connectivity index (χ1) is 11.3. The molecule has 0 aromatic carbocycles. The zero-order chi connectivity index (χ0) is 15.6. The van der Waals surface area contributed by atoms with E-state index in [4.69, 9.17) is 16.3 Å². The number of imidazole rings is 1. The Morgan fingerprint density at radius 3 is 2.60 bits per heavy atom. The SMILES string of the molecule is Cl.Cl.Clc1nc(NCC2CCCCO2)c2ncn(C3CCCC3)c2n1. The Morgan fingerprint density at radius 1 is 1.12 bits per heavy atom. The van der Waals surface area contributed by atoms with Crippen molar-refractivity contribution in [3.63, 3.8) is 0 Å². The van der Waals surface area contributed by atoms with E-state index in [1.807, 2.05) is 6.33 Å². The molecular weight excluding hydrogens is 385 g/mol. The minimum atomic E-state index is 0. The number of halogens is 3. The van der Waals surface area contributed by atoms with E-state index in [9.17, 15) is 0 Å². The molecule has 0 amide bonds. The number of hydrogen-bond acceptors (Lipinski definition) is 5. The van der Waals surface area contributed by atoms with Gasteiger partial charge in [0.15, 0.2) is 17.0 Å². The van der Waals surface area contributed by atoms with Crippen LogP contribution in [-0.2, 0) is 4.74 Å². The molecule has 140 valence electrons. The van der Waals surface area contributed by atoms with Crippen molar-refractivity contribution >= 4 is 53.4 Å². The van der Waals surface area contributed by atoms with Gasteiger partial charge >= 0.3 is 0 Å². The summed E-state index contributed by atoms with van der Waals surface area (Å²) in [7, 11) is 0. The molecule has 1 saturated carbocycles. The van der Waals surface area contributed by atoms with Crippen molar-refractivity contribution in [2.45, 2.75) is 57.1 Å². The van der Waals surface area contributed by atoms with Crippen molar-refractivity contribution in [3.05, 3.63) is 11.6 Å². The third-order valence-corrected chi connectivity index (χ3v) is 5.05. The zero-order valence-electron chi connectivity index (χ0n) is 14.0. The van der Waals surface area contributed by atoms with Crippen LogP contribution in [-0.4, -0.2) is 38.8 Å². The van der Waals surface area contributed by atoms with Crippen LogP contribution in [0.1, 0.15) is 51.0 Å². The summed E-state index contributed by atoms with van der Waals surface area (Å²) < 4.78 is 7.93. The van der Waals surface area contributed by atoms with E-state index in [2.05, 4.69) is 24.8 Å². The van der Waals surface area contributed by atoms with Crippen molar-refractivity contribution < 1.29 is 4.74 Å². The Hall–Kier alpha value is -0.820. The first-order valence-electron chi connectivity index (χ1n) is 8.57. The van der Waals surface area contributed by atoms with Gasteiger partial charge in [0.2, 0.25) is 5.28 Å². The molecular formula is C16H24Cl3N5O. The third-order valence-electron chi connectivity index (χ3n) is 4.88. The Labute approximate surface area is 164 Å². The van der Waals surface area contributed by atoms with Crippen LogP contribution in [0.5, 0.6) is 0 Å². The van der Waals surface area contributed by atoms with Gasteiger partial charge in [0.05, 0.1) is 12.4 Å². The van der Waals surface area contributed by atoms with E-state index < -0.39 is 0 Å². The molecule has 2 aromatic heterocycles. The van der Waals surface area contributed by atoms with Crippen LogP contribution in [0.3, 0.4) is 0 Å². The van der Waals surface area contributed by atoms with Crippen LogP contribution in [0.4, 0.5) is 5.82 Å². The van der Waals surface area contributed by atoms with Crippen molar-refractivity contribution in [2.24, 2.45) is 0 Å². The molecule has 25 heavy (non-hydrogen) atoms. The van der Waals surface area contributed by atoms with Crippen LogP contribution in [0, 0.1) is 0 Å². The molecule has 2 aliphatic rings. The summed E-state index contributed by atoms with van der Waals surface area (Å²) >= 11 is 6.15. The molecule has 0 bridgehead atoms. The second-order valence-corrected chi connectivity index (χ2v) is 6.81. The second-order valence-electron chi connectivity index (χ2n) is 6.47. The summed E-state index contributed by atoms with van der Waals surface area (Å²) in [6.07, 6.45) is 10.5. The van der Waals surface area contributed by atoms with Crippen LogP contribution in [0.15, 0.2) is 6.33 Å². The fraction of sp³-hybridized carbons (Fsp3) is 0.688. The van der Waals surface area contributed by atoms with E-state index in [1.54, 1.807) is 0 Å². The number of rotatable bonds is 4. The Bertz CT molecular complexity index is 684. The second kappa shape index (κ2) is 9.21. The zero-order valence-corrected chi connectivity index (χ0v) is 16.4. The Morgan fingerprint density at radius 2 is 1.88 bits per heavy atom. The summed E-state index contributed by atoms with van der Waals surface area (Å²) in [5, 5.41) is 3.63. The number of anilines is 1. The summed E-state index contributed by atoms with van der Waals surface area (Å²) in [6.45, 7) is 1.58. The minimum Gasteiger partial charge on any atom is -0.376 e. The van der Waals surface area contributed by atoms with Crippen molar-refractivity contribution in [3.8, 4) is 0 Å². The van der Waals surface area contributed by atoms with E-state index in [1.165, 1.54) is 32.1 Å². The molecule has 0 spiro atoms. The number of aromatic nitrogens is 4. The lowest BCUT2D eigenvalue weighted by atomic mass is 10.1. The van der Waals surface area contributed by atoms with Gasteiger partial charge in [0.1, 0.15) is 0 Å². The van der Waals surface area contributed by atoms with Gasteiger partial charge in [-0.1, -0.05) is 12.8 Å². The minimum absolute atomic E-state index is 0. The highest BCUT2D eigenvalue weighted by atomic mass is 35.5. The highest BCUT2D eigenvalue weighted by Gasteiger charge is 2.22. The normalized spacial score (nSPS) is 20.9. The molecule has 1 aliphatic carbocycles. The lowest BCUT2D eigenvalue weighted by Gasteiger charge is -2.23. The molecule has 2 aromatic rings. The third kappa shape index (κ3) is 4.48. The van der Waals surface area contributed by atoms with Gasteiger partial charge in [-0.25, -0.2) is 4.98 Å². The average molecular weight is 409 g/mol. The number of fused-ring (bicyclic) bond motifs is 1. The van der Waals surface area contributed by atoms with Crippen LogP contribution < -0.4 is 5.32 Å². The van der Waals surface area contributed by atoms with Gasteiger partial charge in [-0.15, -0.1) is 24.8 Å². The topological polar surface area (TPSA) is 64.9 Å². The van der Waals surface area contributed by atoms with Gasteiger partial charge in [0.25, 0.3) is 0 Å². The van der Waals surface area contributed by atoms with E-state index in [0.717, 1.165) is 37.2 Å². The first kappa shape index (κ1) is 20.5. The summed E-state index contributed by atoms with van der Waals surface area (Å²) in [6, 6.07) is 0.487. The summed E-state index contributed by atoms with van der Waals surface area (Å²) in [5.41, 5.74) is 1.64. The first-order valence-corrected chi connectivity index (χ1v) is 8.94. The lowest BCUT2D eigenvalue weighted by Crippen LogP contribution is -2.27. The highest BCUT2D eigenvalue weighted by Crippen LogP contribution is 2.33. The maximum absolute atomic E-state index is 6.15. The number of nitrogens with zero attached hydrogens (tertiary/aromatic N) is 4. The molecule has 2 fully saturated rings. The molecule has 1 N–H and O–H groups in total. The summed E-state index contributed by atoms with van der Waals surface area (Å²) in [4.78, 5) is 13.3. The lowest BCUT2D eigenvalue weighted by molar-refractivity contribution is 0.0247. The molecule has 0 radical (unpaired) electrons. The molecule has 1 atom stereocenters. The number of ether oxygens (including phenoxy) is 1. The van der Waals surface area contributed by atoms with Crippen LogP contribution in [0.25, 0.3) is 11.2 Å². The number of nitrogens with one attached hydrogen (secondary N) is 1. The van der Waals surface area contributed by atoms with Crippen LogP contribution in [0.2, 0.25) is 5.28 Å². The fourth-order valence-corrected chi connectivity index (χ4v) is 3.81. The molecule has 1 unspecified atom stereocenters.